The maximum Gasteiger partial charge on any atom is 0.101 e. The first-order valence-corrected chi connectivity index (χ1v) is 7.02. The molecular weight excluding hydrogens is 196 g/mol. The van der Waals surface area contributed by atoms with Gasteiger partial charge in [0.1, 0.15) is 5.60 Å². The minimum atomic E-state index is 0.279. The standard InChI is InChI=1S/C15H24O/c1-12(2)7-10(8-12)15-9-13(3)6-5-11(13)14(15,4)16-15/h10-11H,5-9H2,1-4H3/t11-,13-,14+,15+/m0/s1. The van der Waals surface area contributed by atoms with Gasteiger partial charge in [0, 0.05) is 0 Å². The molecule has 4 aliphatic rings. The monoisotopic (exact) mass is 220 g/mol. The van der Waals surface area contributed by atoms with E-state index in [1.165, 1.54) is 32.1 Å². The van der Waals surface area contributed by atoms with E-state index in [-0.39, 0.29) is 5.60 Å². The number of hydrogen-bond donors (Lipinski definition) is 0. The molecule has 16 heavy (non-hydrogen) atoms. The fraction of sp³-hybridized carbons (Fsp3) is 1.00. The van der Waals surface area contributed by atoms with Crippen molar-refractivity contribution < 1.29 is 4.74 Å². The van der Waals surface area contributed by atoms with Crippen molar-refractivity contribution in [3.8, 4) is 0 Å². The molecule has 4 atom stereocenters. The lowest BCUT2D eigenvalue weighted by Crippen LogP contribution is -2.43. The van der Waals surface area contributed by atoms with Crippen LogP contribution in [-0.2, 0) is 4.74 Å². The van der Waals surface area contributed by atoms with Crippen LogP contribution in [0.5, 0.6) is 0 Å². The van der Waals surface area contributed by atoms with Gasteiger partial charge in [-0.2, -0.15) is 0 Å². The highest BCUT2D eigenvalue weighted by Crippen LogP contribution is 2.80. The zero-order chi connectivity index (χ0) is 11.4. The van der Waals surface area contributed by atoms with Gasteiger partial charge < -0.3 is 4.74 Å². The molecule has 0 radical (unpaired) electrons. The predicted octanol–water partition coefficient (Wildman–Crippen LogP) is 3.77. The summed E-state index contributed by atoms with van der Waals surface area (Å²) in [6.45, 7) is 9.73. The first-order valence-electron chi connectivity index (χ1n) is 7.02. The smallest absolute Gasteiger partial charge is 0.101 e. The van der Waals surface area contributed by atoms with E-state index in [2.05, 4.69) is 27.7 Å². The quantitative estimate of drug-likeness (QED) is 0.613. The number of epoxide rings is 1. The number of fused-ring (bicyclic) bond motifs is 3. The molecule has 0 aromatic carbocycles. The second-order valence-corrected chi connectivity index (χ2v) is 8.29. The van der Waals surface area contributed by atoms with Gasteiger partial charge in [-0.3, -0.25) is 0 Å². The zero-order valence-corrected chi connectivity index (χ0v) is 11.1. The van der Waals surface area contributed by atoms with E-state index in [0.717, 1.165) is 11.8 Å². The van der Waals surface area contributed by atoms with E-state index in [1.807, 2.05) is 0 Å². The molecule has 3 aliphatic carbocycles. The molecule has 0 unspecified atom stereocenters. The minimum absolute atomic E-state index is 0.279. The Bertz CT molecular complexity index is 366. The third kappa shape index (κ3) is 0.836. The number of ether oxygens (including phenoxy) is 1. The third-order valence-electron chi connectivity index (χ3n) is 6.63. The van der Waals surface area contributed by atoms with E-state index in [0.29, 0.717) is 16.4 Å². The van der Waals surface area contributed by atoms with Crippen LogP contribution in [0, 0.1) is 22.7 Å². The lowest BCUT2D eigenvalue weighted by Gasteiger charge is -2.47. The summed E-state index contributed by atoms with van der Waals surface area (Å²) in [5.74, 6) is 1.75. The maximum atomic E-state index is 6.32. The fourth-order valence-electron chi connectivity index (χ4n) is 5.70. The molecule has 0 bridgehead atoms. The topological polar surface area (TPSA) is 12.5 Å². The average molecular weight is 220 g/mol. The van der Waals surface area contributed by atoms with Gasteiger partial charge in [0.2, 0.25) is 0 Å². The molecule has 0 amide bonds. The van der Waals surface area contributed by atoms with Crippen LogP contribution in [0.2, 0.25) is 0 Å². The Morgan fingerprint density at radius 3 is 2.12 bits per heavy atom. The summed E-state index contributed by atoms with van der Waals surface area (Å²) in [7, 11) is 0. The van der Waals surface area contributed by atoms with Gasteiger partial charge >= 0.3 is 0 Å². The molecule has 0 spiro atoms. The van der Waals surface area contributed by atoms with Gasteiger partial charge in [0.05, 0.1) is 5.60 Å². The van der Waals surface area contributed by atoms with Crippen LogP contribution < -0.4 is 0 Å². The summed E-state index contributed by atoms with van der Waals surface area (Å²) >= 11 is 0. The Morgan fingerprint density at radius 2 is 1.75 bits per heavy atom. The highest BCUT2D eigenvalue weighted by molar-refractivity contribution is 5.32. The third-order valence-corrected chi connectivity index (χ3v) is 6.63. The van der Waals surface area contributed by atoms with Crippen molar-refractivity contribution in [1.82, 2.24) is 0 Å². The zero-order valence-electron chi connectivity index (χ0n) is 11.1. The van der Waals surface area contributed by atoms with Crippen LogP contribution in [0.1, 0.15) is 59.8 Å². The highest BCUT2D eigenvalue weighted by Gasteiger charge is 2.84. The van der Waals surface area contributed by atoms with Gasteiger partial charge in [0.15, 0.2) is 0 Å². The molecule has 1 nitrogen and oxygen atoms in total. The summed E-state index contributed by atoms with van der Waals surface area (Å²) in [4.78, 5) is 0. The van der Waals surface area contributed by atoms with Gasteiger partial charge in [-0.25, -0.2) is 0 Å². The number of hydrogen-bond acceptors (Lipinski definition) is 1. The summed E-state index contributed by atoms with van der Waals surface area (Å²) in [6, 6.07) is 0. The largest absolute Gasteiger partial charge is 0.362 e. The lowest BCUT2D eigenvalue weighted by molar-refractivity contribution is -0.0469. The van der Waals surface area contributed by atoms with E-state index in [4.69, 9.17) is 4.74 Å². The highest BCUT2D eigenvalue weighted by atomic mass is 16.6. The second-order valence-electron chi connectivity index (χ2n) is 8.29. The van der Waals surface area contributed by atoms with Gasteiger partial charge in [-0.05, 0) is 61.7 Å². The molecule has 90 valence electrons. The van der Waals surface area contributed by atoms with Crippen LogP contribution >= 0.6 is 0 Å². The minimum Gasteiger partial charge on any atom is -0.362 e. The molecule has 0 aromatic heterocycles. The Labute approximate surface area is 98.9 Å². The van der Waals surface area contributed by atoms with E-state index in [1.54, 1.807) is 0 Å². The lowest BCUT2D eigenvalue weighted by atomic mass is 9.58. The first-order chi connectivity index (χ1) is 7.32. The molecule has 1 heteroatoms. The van der Waals surface area contributed by atoms with Crippen molar-refractivity contribution >= 4 is 0 Å². The molecule has 1 aliphatic heterocycles. The molecule has 0 N–H and O–H groups in total. The van der Waals surface area contributed by atoms with Gasteiger partial charge in [-0.1, -0.05) is 20.8 Å². The predicted molar refractivity (Wildman–Crippen MR) is 64.2 cm³/mol. The summed E-state index contributed by atoms with van der Waals surface area (Å²) in [5, 5.41) is 0. The van der Waals surface area contributed by atoms with E-state index in [9.17, 15) is 0 Å². The molecular formula is C15H24O. The molecule has 4 rings (SSSR count). The van der Waals surface area contributed by atoms with E-state index >= 15 is 0 Å². The summed E-state index contributed by atoms with van der Waals surface area (Å²) in [6.07, 6.45) is 7.03. The normalized spacial score (nSPS) is 61.9. The van der Waals surface area contributed by atoms with Gasteiger partial charge in [0.25, 0.3) is 0 Å². The van der Waals surface area contributed by atoms with Crippen LogP contribution in [0.15, 0.2) is 0 Å². The Hall–Kier alpha value is -0.0400. The van der Waals surface area contributed by atoms with Gasteiger partial charge in [-0.15, -0.1) is 0 Å². The van der Waals surface area contributed by atoms with Crippen LogP contribution in [0.25, 0.3) is 0 Å². The SMILES string of the molecule is CC1(C)CC([C@]23C[C@]4(C)CC[C@@H]4[C@@]2(C)O3)C1. The van der Waals surface area contributed by atoms with Crippen molar-refractivity contribution in [3.05, 3.63) is 0 Å². The Balaban J connectivity index is 1.62. The van der Waals surface area contributed by atoms with Crippen LogP contribution in [0.4, 0.5) is 0 Å². The Morgan fingerprint density at radius 1 is 1.06 bits per heavy atom. The second kappa shape index (κ2) is 2.25. The van der Waals surface area contributed by atoms with Crippen molar-refractivity contribution in [3.63, 3.8) is 0 Å². The van der Waals surface area contributed by atoms with E-state index < -0.39 is 0 Å². The molecule has 4 fully saturated rings. The number of rotatable bonds is 1. The van der Waals surface area contributed by atoms with Crippen molar-refractivity contribution in [2.45, 2.75) is 71.0 Å². The molecule has 1 saturated heterocycles. The maximum absolute atomic E-state index is 6.32. The van der Waals surface area contributed by atoms with Crippen LogP contribution in [0.3, 0.4) is 0 Å². The van der Waals surface area contributed by atoms with Crippen molar-refractivity contribution in [2.75, 3.05) is 0 Å². The molecule has 3 saturated carbocycles. The molecule has 0 aromatic rings. The van der Waals surface area contributed by atoms with Crippen molar-refractivity contribution in [1.29, 1.82) is 0 Å². The first kappa shape index (κ1) is 9.94. The Kier molecular flexibility index (Phi) is 1.40. The summed E-state index contributed by atoms with van der Waals surface area (Å²) in [5.41, 5.74) is 1.83. The average Bonchev–Trinajstić information content (AvgIpc) is 2.61. The van der Waals surface area contributed by atoms with Crippen LogP contribution in [-0.4, -0.2) is 11.2 Å². The summed E-state index contributed by atoms with van der Waals surface area (Å²) < 4.78 is 6.32. The van der Waals surface area contributed by atoms with Crippen molar-refractivity contribution in [2.24, 2.45) is 22.7 Å². The fourth-order valence-corrected chi connectivity index (χ4v) is 5.70. The molecule has 1 heterocycles.